The number of aryl methyl sites for hydroxylation is 1. The number of hydrogen-bond donors (Lipinski definition) is 1. The van der Waals surface area contributed by atoms with E-state index in [1.807, 2.05) is 31.2 Å². The number of Topliss-reactive ketones (excluding diaryl/α,β-unsaturated/α-hetero) is 1. The Labute approximate surface area is 235 Å². The third-order valence-corrected chi connectivity index (χ3v) is 8.81. The molecule has 0 saturated carbocycles. The molecular formula is C28H21BrFN3O3S2. The van der Waals surface area contributed by atoms with Crippen LogP contribution in [0.4, 0.5) is 9.52 Å². The number of amides is 1. The lowest BCUT2D eigenvalue weighted by Gasteiger charge is -2.22. The topological polar surface area (TPSA) is 83.4 Å². The van der Waals surface area contributed by atoms with Gasteiger partial charge in [0.25, 0.3) is 5.78 Å². The van der Waals surface area contributed by atoms with Gasteiger partial charge in [0.15, 0.2) is 4.34 Å². The van der Waals surface area contributed by atoms with Gasteiger partial charge in [-0.05, 0) is 41.3 Å². The molecule has 0 spiro atoms. The zero-order chi connectivity index (χ0) is 26.8. The number of aromatic nitrogens is 2. The van der Waals surface area contributed by atoms with Gasteiger partial charge in [0, 0.05) is 15.8 Å². The summed E-state index contributed by atoms with van der Waals surface area (Å²) in [6.07, 6.45) is 0.832. The quantitative estimate of drug-likeness (QED) is 0.0805. The van der Waals surface area contributed by atoms with Crippen molar-refractivity contribution >= 4 is 61.6 Å². The maximum Gasteiger partial charge on any atom is 0.301 e. The van der Waals surface area contributed by atoms with E-state index in [0.29, 0.717) is 26.8 Å². The van der Waals surface area contributed by atoms with Crippen LogP contribution in [0.5, 0.6) is 0 Å². The molecule has 0 bridgehead atoms. The molecule has 1 saturated heterocycles. The summed E-state index contributed by atoms with van der Waals surface area (Å²) in [5.41, 5.74) is 2.69. The zero-order valence-electron chi connectivity index (χ0n) is 20.1. The number of hydrogen-bond acceptors (Lipinski definition) is 7. The van der Waals surface area contributed by atoms with Gasteiger partial charge in [-0.2, -0.15) is 0 Å². The predicted octanol–water partition coefficient (Wildman–Crippen LogP) is 6.92. The van der Waals surface area contributed by atoms with Gasteiger partial charge in [-0.1, -0.05) is 101 Å². The molecule has 1 aliphatic heterocycles. The van der Waals surface area contributed by atoms with Gasteiger partial charge >= 0.3 is 5.91 Å². The number of aliphatic hydroxyl groups is 1. The Morgan fingerprint density at radius 3 is 2.45 bits per heavy atom. The molecule has 192 valence electrons. The Morgan fingerprint density at radius 2 is 1.76 bits per heavy atom. The maximum atomic E-state index is 14.0. The summed E-state index contributed by atoms with van der Waals surface area (Å²) in [4.78, 5) is 28.0. The number of carbonyl (C=O) groups is 2. The number of benzene rings is 3. The minimum absolute atomic E-state index is 0.0164. The number of carbonyl (C=O) groups excluding carboxylic acids is 2. The van der Waals surface area contributed by atoms with Crippen molar-refractivity contribution in [3.8, 4) is 0 Å². The SMILES string of the molecule is CCc1ccc(C2/C(=C(/O)c3ccc(Br)cc3)C(=O)C(=O)N2c2nnc(SCc3ccccc3F)s2)cc1. The van der Waals surface area contributed by atoms with Crippen molar-refractivity contribution in [2.24, 2.45) is 0 Å². The molecule has 5 rings (SSSR count). The molecule has 2 heterocycles. The van der Waals surface area contributed by atoms with E-state index in [2.05, 4.69) is 26.1 Å². The van der Waals surface area contributed by atoms with Crippen LogP contribution in [0.2, 0.25) is 0 Å². The molecule has 4 aromatic rings. The molecule has 1 amide bonds. The second-order valence-corrected chi connectivity index (χ2v) is 11.6. The molecule has 1 N–H and O–H groups in total. The van der Waals surface area contributed by atoms with Gasteiger partial charge in [0.1, 0.15) is 11.6 Å². The summed E-state index contributed by atoms with van der Waals surface area (Å²) >= 11 is 5.80. The van der Waals surface area contributed by atoms with Crippen molar-refractivity contribution in [1.82, 2.24) is 10.2 Å². The Morgan fingerprint density at radius 1 is 1.05 bits per heavy atom. The van der Waals surface area contributed by atoms with Crippen LogP contribution in [0, 0.1) is 5.82 Å². The zero-order valence-corrected chi connectivity index (χ0v) is 23.3. The molecule has 1 unspecified atom stereocenters. The largest absolute Gasteiger partial charge is 0.507 e. The van der Waals surface area contributed by atoms with Crippen LogP contribution in [0.15, 0.2) is 87.2 Å². The summed E-state index contributed by atoms with van der Waals surface area (Å²) in [6, 6.07) is 20.0. The monoisotopic (exact) mass is 609 g/mol. The first-order chi connectivity index (χ1) is 18.4. The fourth-order valence-corrected chi connectivity index (χ4v) is 6.28. The molecule has 0 radical (unpaired) electrons. The molecule has 1 aromatic heterocycles. The Kier molecular flexibility index (Phi) is 7.73. The number of rotatable bonds is 7. The van der Waals surface area contributed by atoms with Crippen molar-refractivity contribution < 1.29 is 19.1 Å². The first-order valence-corrected chi connectivity index (χ1v) is 14.3. The number of ketones is 1. The first-order valence-electron chi connectivity index (χ1n) is 11.7. The van der Waals surface area contributed by atoms with E-state index in [1.165, 1.54) is 22.7 Å². The molecule has 6 nitrogen and oxygen atoms in total. The van der Waals surface area contributed by atoms with Crippen LogP contribution in [-0.2, 0) is 21.8 Å². The van der Waals surface area contributed by atoms with Crippen LogP contribution < -0.4 is 4.90 Å². The smallest absolute Gasteiger partial charge is 0.301 e. The second kappa shape index (κ2) is 11.2. The van der Waals surface area contributed by atoms with Gasteiger partial charge in [-0.15, -0.1) is 10.2 Å². The minimum Gasteiger partial charge on any atom is -0.507 e. The highest BCUT2D eigenvalue weighted by atomic mass is 79.9. The fourth-order valence-electron chi connectivity index (χ4n) is 4.16. The number of aliphatic hydroxyl groups excluding tert-OH is 1. The number of nitrogens with zero attached hydrogens (tertiary/aromatic N) is 3. The van der Waals surface area contributed by atoms with Gasteiger partial charge in [0.05, 0.1) is 11.6 Å². The molecule has 3 aromatic carbocycles. The lowest BCUT2D eigenvalue weighted by molar-refractivity contribution is -0.132. The van der Waals surface area contributed by atoms with Gasteiger partial charge in [0.2, 0.25) is 5.13 Å². The van der Waals surface area contributed by atoms with E-state index in [4.69, 9.17) is 0 Å². The highest BCUT2D eigenvalue weighted by Crippen LogP contribution is 2.44. The molecule has 1 aliphatic rings. The van der Waals surface area contributed by atoms with E-state index < -0.39 is 17.7 Å². The van der Waals surface area contributed by atoms with Crippen molar-refractivity contribution in [1.29, 1.82) is 0 Å². The third kappa shape index (κ3) is 5.16. The van der Waals surface area contributed by atoms with Gasteiger partial charge in [-0.25, -0.2) is 4.39 Å². The average molecular weight is 611 g/mol. The van der Waals surface area contributed by atoms with Crippen molar-refractivity contribution in [3.05, 3.63) is 111 Å². The predicted molar refractivity (Wildman–Crippen MR) is 151 cm³/mol. The number of halogens is 2. The molecule has 0 aliphatic carbocycles. The van der Waals surface area contributed by atoms with E-state index >= 15 is 0 Å². The van der Waals surface area contributed by atoms with Crippen molar-refractivity contribution in [2.75, 3.05) is 4.90 Å². The van der Waals surface area contributed by atoms with Crippen LogP contribution in [0.1, 0.15) is 35.2 Å². The van der Waals surface area contributed by atoms with E-state index in [1.54, 1.807) is 42.5 Å². The molecule has 10 heteroatoms. The van der Waals surface area contributed by atoms with Crippen LogP contribution in [-0.4, -0.2) is 27.0 Å². The standard InChI is InChI=1S/C28H21BrFN3O3S2/c1-2-16-7-9-17(10-8-16)23-22(24(34)18-11-13-20(29)14-12-18)25(35)26(36)33(23)27-31-32-28(38-27)37-15-19-5-3-4-6-21(19)30/h3-14,23,34H,2,15H2,1H3/b24-22-. The summed E-state index contributed by atoms with van der Waals surface area (Å²) in [5, 5.41) is 19.8. The normalized spacial score (nSPS) is 16.8. The second-order valence-electron chi connectivity index (χ2n) is 8.50. The fraction of sp³-hybridized carbons (Fsp3) is 0.143. The highest BCUT2D eigenvalue weighted by molar-refractivity contribution is 9.10. The van der Waals surface area contributed by atoms with Crippen molar-refractivity contribution in [3.63, 3.8) is 0 Å². The van der Waals surface area contributed by atoms with Crippen molar-refractivity contribution in [2.45, 2.75) is 29.5 Å². The molecule has 1 fully saturated rings. The Hall–Kier alpha value is -3.34. The number of thioether (sulfide) groups is 1. The minimum atomic E-state index is -0.887. The maximum absolute atomic E-state index is 14.0. The van der Waals surface area contributed by atoms with Crippen LogP contribution in [0.3, 0.4) is 0 Å². The van der Waals surface area contributed by atoms with E-state index in [-0.39, 0.29) is 22.3 Å². The van der Waals surface area contributed by atoms with Gasteiger partial charge in [-0.3, -0.25) is 14.5 Å². The Bertz CT molecular complexity index is 1540. The van der Waals surface area contributed by atoms with Crippen LogP contribution in [0.25, 0.3) is 5.76 Å². The lowest BCUT2D eigenvalue weighted by atomic mass is 9.94. The summed E-state index contributed by atoms with van der Waals surface area (Å²) < 4.78 is 15.4. The summed E-state index contributed by atoms with van der Waals surface area (Å²) in [5.74, 6) is -1.83. The third-order valence-electron chi connectivity index (χ3n) is 6.18. The molecule has 1 atom stereocenters. The van der Waals surface area contributed by atoms with E-state index in [0.717, 1.165) is 27.8 Å². The summed E-state index contributed by atoms with van der Waals surface area (Å²) in [7, 11) is 0. The lowest BCUT2D eigenvalue weighted by Crippen LogP contribution is -2.29. The summed E-state index contributed by atoms with van der Waals surface area (Å²) in [6.45, 7) is 2.04. The Balaban J connectivity index is 1.54. The molecule has 38 heavy (non-hydrogen) atoms. The van der Waals surface area contributed by atoms with Gasteiger partial charge < -0.3 is 5.11 Å². The van der Waals surface area contributed by atoms with Crippen LogP contribution >= 0.6 is 39.0 Å². The highest BCUT2D eigenvalue weighted by Gasteiger charge is 2.48. The van der Waals surface area contributed by atoms with E-state index in [9.17, 15) is 19.1 Å². The first kappa shape index (κ1) is 26.3. The number of anilines is 1. The molecular weight excluding hydrogens is 589 g/mol. The average Bonchev–Trinajstić information content (AvgIpc) is 3.50.